The number of amides is 1. The van der Waals surface area contributed by atoms with Crippen molar-refractivity contribution >= 4 is 16.8 Å². The van der Waals surface area contributed by atoms with Gasteiger partial charge in [0.05, 0.1) is 29.2 Å². The van der Waals surface area contributed by atoms with Gasteiger partial charge >= 0.3 is 0 Å². The summed E-state index contributed by atoms with van der Waals surface area (Å²) in [5, 5.41) is 0.546. The molecule has 3 aromatic rings. The normalized spacial score (nSPS) is 12.2. The molecular formula is C25H31N3O3. The maximum atomic E-state index is 13.5. The fourth-order valence-corrected chi connectivity index (χ4v) is 3.74. The zero-order chi connectivity index (χ0) is 22.5. The van der Waals surface area contributed by atoms with E-state index in [0.29, 0.717) is 35.6 Å². The molecule has 6 nitrogen and oxygen atoms in total. The number of rotatable bonds is 8. The van der Waals surface area contributed by atoms with Gasteiger partial charge in [-0.15, -0.1) is 0 Å². The van der Waals surface area contributed by atoms with Gasteiger partial charge in [0.2, 0.25) is 5.91 Å². The van der Waals surface area contributed by atoms with Crippen LogP contribution in [0.5, 0.6) is 5.75 Å². The molecule has 1 unspecified atom stereocenters. The van der Waals surface area contributed by atoms with Gasteiger partial charge in [0, 0.05) is 12.5 Å². The fraction of sp³-hybridized carbons (Fsp3) is 0.400. The molecule has 0 fully saturated rings. The third-order valence-electron chi connectivity index (χ3n) is 5.29. The summed E-state index contributed by atoms with van der Waals surface area (Å²) in [4.78, 5) is 33.2. The van der Waals surface area contributed by atoms with E-state index in [-0.39, 0.29) is 23.4 Å². The number of ether oxygens (including phenoxy) is 1. The molecule has 164 valence electrons. The molecule has 1 atom stereocenters. The molecule has 0 aliphatic rings. The second-order valence-corrected chi connectivity index (χ2v) is 7.92. The van der Waals surface area contributed by atoms with Crippen molar-refractivity contribution in [3.63, 3.8) is 0 Å². The van der Waals surface area contributed by atoms with Crippen LogP contribution in [0.3, 0.4) is 0 Å². The van der Waals surface area contributed by atoms with Crippen molar-refractivity contribution in [2.45, 2.75) is 47.1 Å². The van der Waals surface area contributed by atoms with E-state index in [1.807, 2.05) is 82.0 Å². The smallest absolute Gasteiger partial charge is 0.266 e. The van der Waals surface area contributed by atoms with Crippen molar-refractivity contribution < 1.29 is 9.53 Å². The highest BCUT2D eigenvalue weighted by molar-refractivity contribution is 5.79. The lowest BCUT2D eigenvalue weighted by molar-refractivity contribution is -0.136. The number of benzene rings is 2. The zero-order valence-electron chi connectivity index (χ0n) is 19.0. The monoisotopic (exact) mass is 421 g/mol. The average molecular weight is 422 g/mol. The van der Waals surface area contributed by atoms with E-state index in [9.17, 15) is 9.59 Å². The maximum Gasteiger partial charge on any atom is 0.266 e. The summed E-state index contributed by atoms with van der Waals surface area (Å²) in [7, 11) is 0. The number of hydrogen-bond donors (Lipinski definition) is 0. The minimum absolute atomic E-state index is 0.0509. The van der Waals surface area contributed by atoms with Crippen molar-refractivity contribution in [1.29, 1.82) is 0 Å². The minimum Gasteiger partial charge on any atom is -0.494 e. The molecule has 0 spiro atoms. The Labute approximate surface area is 183 Å². The third kappa shape index (κ3) is 4.63. The molecule has 0 aliphatic heterocycles. The Balaban J connectivity index is 2.22. The standard InChI is InChI=1S/C25H31N3O3/c1-6-16-27(24(29)17(3)4)18(5)23-26-22-11-9-8-10-21(22)25(30)28(23)19-12-14-20(15-13-19)31-7-2/h8-15,17-18H,6-7,16H2,1-5H3. The van der Waals surface area contributed by atoms with Crippen molar-refractivity contribution in [1.82, 2.24) is 14.5 Å². The van der Waals surface area contributed by atoms with Crippen LogP contribution in [0, 0.1) is 5.92 Å². The highest BCUT2D eigenvalue weighted by Gasteiger charge is 2.27. The topological polar surface area (TPSA) is 64.4 Å². The van der Waals surface area contributed by atoms with Crippen LogP contribution in [0.4, 0.5) is 0 Å². The number of para-hydroxylation sites is 1. The largest absolute Gasteiger partial charge is 0.494 e. The molecule has 31 heavy (non-hydrogen) atoms. The van der Waals surface area contributed by atoms with Gasteiger partial charge in [-0.3, -0.25) is 14.2 Å². The lowest BCUT2D eigenvalue weighted by Gasteiger charge is -2.31. The molecule has 1 amide bonds. The van der Waals surface area contributed by atoms with Crippen molar-refractivity contribution in [3.05, 3.63) is 64.7 Å². The van der Waals surface area contributed by atoms with Crippen molar-refractivity contribution in [2.75, 3.05) is 13.2 Å². The van der Waals surface area contributed by atoms with Crippen LogP contribution in [0.2, 0.25) is 0 Å². The lowest BCUT2D eigenvalue weighted by atomic mass is 10.1. The maximum absolute atomic E-state index is 13.5. The second kappa shape index (κ2) is 9.77. The first kappa shape index (κ1) is 22.5. The molecule has 0 bridgehead atoms. The number of nitrogens with zero attached hydrogens (tertiary/aromatic N) is 3. The lowest BCUT2D eigenvalue weighted by Crippen LogP contribution is -2.40. The van der Waals surface area contributed by atoms with E-state index in [0.717, 1.165) is 12.2 Å². The van der Waals surface area contributed by atoms with E-state index < -0.39 is 0 Å². The van der Waals surface area contributed by atoms with Crippen LogP contribution in [0.1, 0.15) is 52.9 Å². The molecule has 0 aliphatic carbocycles. The quantitative estimate of drug-likeness (QED) is 0.527. The van der Waals surface area contributed by atoms with Gasteiger partial charge in [0.25, 0.3) is 5.56 Å². The summed E-state index contributed by atoms with van der Waals surface area (Å²) in [5.41, 5.74) is 1.18. The summed E-state index contributed by atoms with van der Waals surface area (Å²) in [5.74, 6) is 1.20. The Morgan fingerprint density at radius 2 is 1.74 bits per heavy atom. The van der Waals surface area contributed by atoms with Crippen LogP contribution in [0.15, 0.2) is 53.3 Å². The highest BCUT2D eigenvalue weighted by atomic mass is 16.5. The first-order valence-corrected chi connectivity index (χ1v) is 10.9. The Bertz CT molecular complexity index is 1100. The molecule has 1 aromatic heterocycles. The van der Waals surface area contributed by atoms with E-state index >= 15 is 0 Å². The molecule has 0 N–H and O–H groups in total. The number of fused-ring (bicyclic) bond motifs is 1. The van der Waals surface area contributed by atoms with Gasteiger partial charge in [0.1, 0.15) is 11.6 Å². The summed E-state index contributed by atoms with van der Waals surface area (Å²) in [6.45, 7) is 10.9. The molecule has 1 heterocycles. The van der Waals surface area contributed by atoms with Gasteiger partial charge in [-0.05, 0) is 56.7 Å². The summed E-state index contributed by atoms with van der Waals surface area (Å²) < 4.78 is 7.17. The van der Waals surface area contributed by atoms with Crippen molar-refractivity contribution in [3.8, 4) is 11.4 Å². The molecule has 2 aromatic carbocycles. The first-order valence-electron chi connectivity index (χ1n) is 10.9. The summed E-state index contributed by atoms with van der Waals surface area (Å²) >= 11 is 0. The van der Waals surface area contributed by atoms with Crippen LogP contribution in [-0.4, -0.2) is 33.5 Å². The number of carbonyl (C=O) groups is 1. The predicted octanol–water partition coefficient (Wildman–Crippen LogP) is 4.74. The van der Waals surface area contributed by atoms with E-state index in [4.69, 9.17) is 9.72 Å². The second-order valence-electron chi connectivity index (χ2n) is 7.92. The number of carbonyl (C=O) groups excluding carboxylic acids is 1. The highest BCUT2D eigenvalue weighted by Crippen LogP contribution is 2.25. The van der Waals surface area contributed by atoms with Crippen molar-refractivity contribution in [2.24, 2.45) is 5.92 Å². The van der Waals surface area contributed by atoms with Gasteiger partial charge in [-0.1, -0.05) is 32.9 Å². The van der Waals surface area contributed by atoms with E-state index in [1.54, 1.807) is 10.6 Å². The molecular weight excluding hydrogens is 390 g/mol. The average Bonchev–Trinajstić information content (AvgIpc) is 2.77. The fourth-order valence-electron chi connectivity index (χ4n) is 3.74. The molecule has 0 saturated heterocycles. The van der Waals surface area contributed by atoms with E-state index in [2.05, 4.69) is 0 Å². The SMILES string of the molecule is CCCN(C(=O)C(C)C)C(C)c1nc2ccccc2c(=O)n1-c1ccc(OCC)cc1. The Morgan fingerprint density at radius 3 is 2.35 bits per heavy atom. The molecule has 6 heteroatoms. The minimum atomic E-state index is -0.362. The molecule has 0 radical (unpaired) electrons. The number of aromatic nitrogens is 2. The van der Waals surface area contributed by atoms with Gasteiger partial charge in [0.15, 0.2) is 0 Å². The Hall–Kier alpha value is -3.15. The van der Waals surface area contributed by atoms with Gasteiger partial charge in [-0.25, -0.2) is 4.98 Å². The summed E-state index contributed by atoms with van der Waals surface area (Å²) in [6, 6.07) is 14.4. The molecule has 0 saturated carbocycles. The number of hydrogen-bond acceptors (Lipinski definition) is 4. The molecule has 3 rings (SSSR count). The van der Waals surface area contributed by atoms with E-state index in [1.165, 1.54) is 0 Å². The van der Waals surface area contributed by atoms with Gasteiger partial charge < -0.3 is 9.64 Å². The Morgan fingerprint density at radius 1 is 1.06 bits per heavy atom. The van der Waals surface area contributed by atoms with Crippen LogP contribution >= 0.6 is 0 Å². The van der Waals surface area contributed by atoms with Crippen LogP contribution in [-0.2, 0) is 4.79 Å². The van der Waals surface area contributed by atoms with Gasteiger partial charge in [-0.2, -0.15) is 0 Å². The van der Waals surface area contributed by atoms with Crippen LogP contribution in [0.25, 0.3) is 16.6 Å². The predicted molar refractivity (Wildman–Crippen MR) is 124 cm³/mol. The van der Waals surface area contributed by atoms with Crippen LogP contribution < -0.4 is 10.3 Å². The summed E-state index contributed by atoms with van der Waals surface area (Å²) in [6.07, 6.45) is 0.823. The first-order chi connectivity index (χ1) is 14.9. The Kier molecular flexibility index (Phi) is 7.10. The third-order valence-corrected chi connectivity index (χ3v) is 5.29. The zero-order valence-corrected chi connectivity index (χ0v) is 19.0.